The molecule has 0 radical (unpaired) electrons. The van der Waals surface area contributed by atoms with Crippen molar-refractivity contribution in [2.45, 2.75) is 411 Å². The molecular weight excluding hydrogens is 1010 g/mol. The number of allylic oxidation sites excluding steroid dienone is 7. The fourth-order valence-corrected chi connectivity index (χ4v) is 11.4. The molecule has 0 saturated heterocycles. The number of esters is 1. The van der Waals surface area contributed by atoms with Crippen LogP contribution in [0, 0.1) is 0 Å². The lowest BCUT2D eigenvalue weighted by atomic mass is 10.0. The van der Waals surface area contributed by atoms with Crippen molar-refractivity contribution in [2.24, 2.45) is 0 Å². The van der Waals surface area contributed by atoms with E-state index in [4.69, 9.17) is 4.74 Å². The van der Waals surface area contributed by atoms with Crippen molar-refractivity contribution >= 4 is 11.9 Å². The van der Waals surface area contributed by atoms with Crippen molar-refractivity contribution in [3.05, 3.63) is 48.6 Å². The maximum atomic E-state index is 12.5. The molecule has 1 amide bonds. The molecule has 0 fully saturated rings. The Labute approximate surface area is 512 Å². The summed E-state index contributed by atoms with van der Waals surface area (Å²) in [5.74, 6) is -0.0520. The van der Waals surface area contributed by atoms with Crippen molar-refractivity contribution < 1.29 is 24.5 Å². The predicted molar refractivity (Wildman–Crippen MR) is 361 cm³/mol. The first-order valence-corrected chi connectivity index (χ1v) is 36.9. The highest BCUT2D eigenvalue weighted by Crippen LogP contribution is 2.18. The lowest BCUT2D eigenvalue weighted by Gasteiger charge is -2.20. The third-order valence-corrected chi connectivity index (χ3v) is 17.1. The van der Waals surface area contributed by atoms with Crippen LogP contribution in [0.25, 0.3) is 0 Å². The van der Waals surface area contributed by atoms with Crippen LogP contribution in [0.3, 0.4) is 0 Å². The number of carbonyl (C=O) groups excluding carboxylic acids is 2. The van der Waals surface area contributed by atoms with E-state index in [0.29, 0.717) is 19.4 Å². The van der Waals surface area contributed by atoms with Crippen LogP contribution in [-0.4, -0.2) is 47.4 Å². The fraction of sp³-hybridized carbons (Fsp3) is 0.868. The molecule has 0 aliphatic rings. The topological polar surface area (TPSA) is 95.9 Å². The average molecular weight is 1150 g/mol. The number of aliphatic hydroxyl groups is 2. The van der Waals surface area contributed by atoms with E-state index in [1.165, 1.54) is 321 Å². The predicted octanol–water partition coefficient (Wildman–Crippen LogP) is 24.0. The van der Waals surface area contributed by atoms with E-state index in [1.54, 1.807) is 6.08 Å². The molecule has 2 atom stereocenters. The highest BCUT2D eigenvalue weighted by Gasteiger charge is 2.18. The first-order valence-electron chi connectivity index (χ1n) is 36.9. The first kappa shape index (κ1) is 79.8. The minimum Gasteiger partial charge on any atom is -0.466 e. The smallest absolute Gasteiger partial charge is 0.305 e. The number of ether oxygens (including phenoxy) is 1. The number of unbranched alkanes of at least 4 members (excludes halogenated alkanes) is 52. The minimum atomic E-state index is -0.842. The Morgan fingerprint density at radius 3 is 0.963 bits per heavy atom. The molecule has 0 spiro atoms. The van der Waals surface area contributed by atoms with Gasteiger partial charge in [-0.3, -0.25) is 9.59 Å². The third kappa shape index (κ3) is 67.0. The molecule has 6 nitrogen and oxygen atoms in total. The number of aliphatic hydroxyl groups excluding tert-OH is 2. The summed E-state index contributed by atoms with van der Waals surface area (Å²) < 4.78 is 5.50. The lowest BCUT2D eigenvalue weighted by molar-refractivity contribution is -0.143. The first-order chi connectivity index (χ1) is 40.5. The zero-order valence-corrected chi connectivity index (χ0v) is 55.2. The van der Waals surface area contributed by atoms with Gasteiger partial charge >= 0.3 is 5.97 Å². The number of amides is 1. The number of hydrogen-bond donors (Lipinski definition) is 3. The minimum absolute atomic E-state index is 0.0108. The van der Waals surface area contributed by atoms with Gasteiger partial charge < -0.3 is 20.3 Å². The van der Waals surface area contributed by atoms with Gasteiger partial charge in [-0.1, -0.05) is 345 Å². The summed E-state index contributed by atoms with van der Waals surface area (Å²) in [7, 11) is 0. The van der Waals surface area contributed by atoms with E-state index in [0.717, 1.165) is 51.4 Å². The second kappa shape index (κ2) is 71.3. The molecule has 482 valence electrons. The largest absolute Gasteiger partial charge is 0.466 e. The SMILES string of the molecule is CCCCC/C=C\C/C=C\CCCCCCCCCC(=O)OCCCCCCCCCCCCCC/C=C\CCCCCCCCCCCCCCCCCCCC(=O)NC(CO)C(O)/C=C/CCCCCCCCCCCCCCC. The molecular formula is C76H143NO5. The molecule has 0 aliphatic carbocycles. The quantitative estimate of drug-likeness (QED) is 0.0320. The van der Waals surface area contributed by atoms with Crippen molar-refractivity contribution in [3.63, 3.8) is 0 Å². The Morgan fingerprint density at radius 1 is 0.341 bits per heavy atom. The van der Waals surface area contributed by atoms with Crippen LogP contribution in [0.5, 0.6) is 0 Å². The zero-order chi connectivity index (χ0) is 59.2. The van der Waals surface area contributed by atoms with Gasteiger partial charge in [-0.05, 0) is 89.9 Å². The normalized spacial score (nSPS) is 12.8. The molecule has 0 aromatic heterocycles. The van der Waals surface area contributed by atoms with Crippen LogP contribution in [0.15, 0.2) is 48.6 Å². The monoisotopic (exact) mass is 1150 g/mol. The van der Waals surface area contributed by atoms with Gasteiger partial charge in [0.1, 0.15) is 0 Å². The molecule has 82 heavy (non-hydrogen) atoms. The standard InChI is InChI=1S/C76H143NO5/c1-3-5-7-9-11-13-15-17-19-37-42-46-50-54-58-62-66-70-76(81)82-71-67-63-59-55-51-47-43-39-36-34-32-30-28-26-24-22-20-21-23-25-27-29-31-33-35-38-41-45-49-53-57-61-65-69-75(80)77-73(72-78)74(79)68-64-60-56-52-48-44-40-18-16-14-12-10-8-6-4-2/h11,13,17,19,24,26,64,68,73-74,78-79H,3-10,12,14-16,18,20-23,25,27-63,65-67,69-72H2,1-2H3,(H,77,80)/b13-11-,19-17-,26-24-,68-64+. The number of hydrogen-bond acceptors (Lipinski definition) is 5. The number of rotatable bonds is 69. The summed E-state index contributed by atoms with van der Waals surface area (Å²) in [5, 5.41) is 23.2. The summed E-state index contributed by atoms with van der Waals surface area (Å²) in [6, 6.07) is -0.626. The number of carbonyl (C=O) groups is 2. The second-order valence-corrected chi connectivity index (χ2v) is 25.3. The van der Waals surface area contributed by atoms with E-state index in [-0.39, 0.29) is 18.5 Å². The van der Waals surface area contributed by atoms with Gasteiger partial charge in [0.2, 0.25) is 5.91 Å². The summed E-state index contributed by atoms with van der Waals surface area (Å²) in [6.45, 7) is 4.90. The van der Waals surface area contributed by atoms with Crippen molar-refractivity contribution in [3.8, 4) is 0 Å². The Morgan fingerprint density at radius 2 is 0.610 bits per heavy atom. The van der Waals surface area contributed by atoms with Crippen molar-refractivity contribution in [2.75, 3.05) is 13.2 Å². The molecule has 2 unspecified atom stereocenters. The summed E-state index contributed by atoms with van der Waals surface area (Å²) in [6.07, 6.45) is 93.5. The van der Waals surface area contributed by atoms with Crippen LogP contribution in [0.4, 0.5) is 0 Å². The third-order valence-electron chi connectivity index (χ3n) is 17.1. The zero-order valence-electron chi connectivity index (χ0n) is 55.2. The Hall–Kier alpha value is -2.18. The Balaban J connectivity index is 3.36. The van der Waals surface area contributed by atoms with Gasteiger partial charge in [0.25, 0.3) is 0 Å². The number of nitrogens with one attached hydrogen (secondary N) is 1. The van der Waals surface area contributed by atoms with E-state index in [2.05, 4.69) is 55.6 Å². The molecule has 0 aromatic carbocycles. The summed E-state index contributed by atoms with van der Waals surface area (Å²) >= 11 is 0. The molecule has 0 bridgehead atoms. The van der Waals surface area contributed by atoms with E-state index in [1.807, 2.05) is 6.08 Å². The molecule has 3 N–H and O–H groups in total. The van der Waals surface area contributed by atoms with Gasteiger partial charge in [-0.15, -0.1) is 0 Å². The van der Waals surface area contributed by atoms with Gasteiger partial charge in [0, 0.05) is 12.8 Å². The Bertz CT molecular complexity index is 1370. The summed E-state index contributed by atoms with van der Waals surface area (Å²) in [5.41, 5.74) is 0. The molecule has 0 aromatic rings. The van der Waals surface area contributed by atoms with E-state index in [9.17, 15) is 19.8 Å². The maximum Gasteiger partial charge on any atom is 0.305 e. The van der Waals surface area contributed by atoms with Crippen LogP contribution >= 0.6 is 0 Å². The van der Waals surface area contributed by atoms with Gasteiger partial charge in [-0.25, -0.2) is 0 Å². The van der Waals surface area contributed by atoms with Crippen LogP contribution in [0.1, 0.15) is 399 Å². The molecule has 0 saturated carbocycles. The highest BCUT2D eigenvalue weighted by atomic mass is 16.5. The molecule has 0 aliphatic heterocycles. The Kier molecular flexibility index (Phi) is 69.4. The van der Waals surface area contributed by atoms with Crippen LogP contribution < -0.4 is 5.32 Å². The lowest BCUT2D eigenvalue weighted by Crippen LogP contribution is -2.45. The maximum absolute atomic E-state index is 12.5. The van der Waals surface area contributed by atoms with Crippen LogP contribution in [-0.2, 0) is 14.3 Å². The van der Waals surface area contributed by atoms with Gasteiger partial charge in [0.05, 0.1) is 25.4 Å². The van der Waals surface area contributed by atoms with E-state index < -0.39 is 12.1 Å². The highest BCUT2D eigenvalue weighted by molar-refractivity contribution is 5.76. The molecule has 0 rings (SSSR count). The second-order valence-electron chi connectivity index (χ2n) is 25.3. The summed E-state index contributed by atoms with van der Waals surface area (Å²) in [4.78, 5) is 24.6. The fourth-order valence-electron chi connectivity index (χ4n) is 11.4. The average Bonchev–Trinajstić information content (AvgIpc) is 3.48. The van der Waals surface area contributed by atoms with Crippen molar-refractivity contribution in [1.82, 2.24) is 5.32 Å². The van der Waals surface area contributed by atoms with E-state index >= 15 is 0 Å². The van der Waals surface area contributed by atoms with Crippen LogP contribution in [0.2, 0.25) is 0 Å². The molecule has 6 heteroatoms. The van der Waals surface area contributed by atoms with Crippen molar-refractivity contribution in [1.29, 1.82) is 0 Å². The molecule has 0 heterocycles. The van der Waals surface area contributed by atoms with Gasteiger partial charge in [-0.2, -0.15) is 0 Å². The van der Waals surface area contributed by atoms with Gasteiger partial charge in [0.15, 0.2) is 0 Å².